The van der Waals surface area contributed by atoms with E-state index in [0.29, 0.717) is 0 Å². The number of rotatable bonds is 15. The summed E-state index contributed by atoms with van der Waals surface area (Å²) in [6.07, 6.45) is 35.4. The summed E-state index contributed by atoms with van der Waals surface area (Å²) in [5.41, 5.74) is 12.6. The van der Waals surface area contributed by atoms with Crippen molar-refractivity contribution in [1.82, 2.24) is 5.32 Å². The van der Waals surface area contributed by atoms with Crippen molar-refractivity contribution in [3.63, 3.8) is 0 Å². The van der Waals surface area contributed by atoms with Crippen LogP contribution in [0.1, 0.15) is 60.5 Å². The van der Waals surface area contributed by atoms with Gasteiger partial charge in [-0.15, -0.1) is 0 Å². The van der Waals surface area contributed by atoms with Gasteiger partial charge in [0.25, 0.3) is 0 Å². The van der Waals surface area contributed by atoms with Gasteiger partial charge in [0, 0.05) is 18.1 Å². The highest BCUT2D eigenvalue weighted by Crippen LogP contribution is 2.50. The first-order valence-corrected chi connectivity index (χ1v) is 21.3. The molecule has 0 aliphatic carbocycles. The van der Waals surface area contributed by atoms with Crippen molar-refractivity contribution in [2.45, 2.75) is 45.1 Å². The van der Waals surface area contributed by atoms with E-state index in [-0.39, 0.29) is 6.04 Å². The number of aliphatic imine (C=N–C) groups is 1. The number of nitrogens with one attached hydrogen (secondary N) is 2. The van der Waals surface area contributed by atoms with Gasteiger partial charge in [-0.05, 0) is 131 Å². The Morgan fingerprint density at radius 1 is 0.645 bits per heavy atom. The van der Waals surface area contributed by atoms with Gasteiger partial charge in [-0.1, -0.05) is 189 Å². The standard InChI is InChI=1S/C59H57N3/c1-6-8-10-22-42-61-58-34-21-20-31-54(58)59(47(5)26-24-41-60,46(4)25-15-9-7-2)55-44-52(36-35-45(55)3)49-39-37-48(38-40-49)51-29-23-30-53(43-51)57-33-19-13-11-12-18-32-56(62-57)50-27-16-14-17-28-50/h6-18,20-32,34-44,57,60,62H,4-5,19,33H2,1-3H3/b8-6-,9-7-,13-11-,18-12-,22-10-,25-15-,26-24-,56-32-,60-41?,61-42?. The monoisotopic (exact) mass is 807 g/mol. The van der Waals surface area contributed by atoms with Gasteiger partial charge >= 0.3 is 0 Å². The lowest BCUT2D eigenvalue weighted by Gasteiger charge is -2.39. The third-order valence-electron chi connectivity index (χ3n) is 11.1. The number of hydrogen-bond acceptors (Lipinski definition) is 3. The molecule has 0 saturated heterocycles. The number of hydrogen-bond donors (Lipinski definition) is 2. The molecule has 1 heterocycles. The minimum Gasteiger partial charge on any atom is -0.378 e. The van der Waals surface area contributed by atoms with E-state index in [0.717, 1.165) is 68.8 Å². The van der Waals surface area contributed by atoms with Crippen LogP contribution in [0.15, 0.2) is 242 Å². The van der Waals surface area contributed by atoms with Gasteiger partial charge in [-0.25, -0.2) is 0 Å². The average Bonchev–Trinajstić information content (AvgIpc) is 3.31. The predicted octanol–water partition coefficient (Wildman–Crippen LogP) is 15.5. The molecule has 6 rings (SSSR count). The van der Waals surface area contributed by atoms with Crippen LogP contribution >= 0.6 is 0 Å². The molecule has 5 aromatic carbocycles. The van der Waals surface area contributed by atoms with Crippen LogP contribution in [0.4, 0.5) is 5.69 Å². The maximum atomic E-state index is 7.90. The van der Waals surface area contributed by atoms with Crippen molar-refractivity contribution in [1.29, 1.82) is 5.41 Å². The van der Waals surface area contributed by atoms with Crippen LogP contribution in [0.5, 0.6) is 0 Å². The van der Waals surface area contributed by atoms with Gasteiger partial charge in [0.05, 0.1) is 17.1 Å². The molecule has 0 aromatic heterocycles. The first kappa shape index (κ1) is 44.2. The highest BCUT2D eigenvalue weighted by atomic mass is 14.9. The first-order chi connectivity index (χ1) is 30.4. The zero-order valence-corrected chi connectivity index (χ0v) is 36.2. The zero-order valence-electron chi connectivity index (χ0n) is 36.2. The molecular weight excluding hydrogens is 751 g/mol. The average molecular weight is 808 g/mol. The fourth-order valence-corrected chi connectivity index (χ4v) is 8.00. The summed E-state index contributed by atoms with van der Waals surface area (Å²) in [4.78, 5) is 4.98. The first-order valence-electron chi connectivity index (χ1n) is 21.3. The molecule has 0 fully saturated rings. The topological polar surface area (TPSA) is 48.2 Å². The van der Waals surface area contributed by atoms with Crippen LogP contribution in [0.3, 0.4) is 0 Å². The normalized spacial score (nSPS) is 17.6. The van der Waals surface area contributed by atoms with E-state index in [4.69, 9.17) is 23.6 Å². The van der Waals surface area contributed by atoms with Crippen molar-refractivity contribution >= 4 is 23.8 Å². The molecule has 0 spiro atoms. The van der Waals surface area contributed by atoms with E-state index >= 15 is 0 Å². The van der Waals surface area contributed by atoms with Gasteiger partial charge in [0.1, 0.15) is 0 Å². The number of nitrogens with zero attached hydrogens (tertiary/aromatic N) is 1. The maximum absolute atomic E-state index is 7.90. The van der Waals surface area contributed by atoms with Gasteiger partial charge in [-0.3, -0.25) is 4.99 Å². The Hall–Kier alpha value is -7.36. The highest BCUT2D eigenvalue weighted by Gasteiger charge is 2.41. The van der Waals surface area contributed by atoms with Crippen LogP contribution in [0.2, 0.25) is 0 Å². The number of allylic oxidation sites excluding steroid dienone is 17. The Balaban J connectivity index is 1.42. The second-order valence-corrected chi connectivity index (χ2v) is 15.2. The fourth-order valence-electron chi connectivity index (χ4n) is 8.00. The summed E-state index contributed by atoms with van der Waals surface area (Å²) in [6, 6.07) is 43.4. The van der Waals surface area contributed by atoms with Crippen LogP contribution in [-0.2, 0) is 5.41 Å². The smallest absolute Gasteiger partial charge is 0.0713 e. The minimum atomic E-state index is -0.927. The SMILES string of the molecule is C=C(/C=C\C=N)C(C(=C)/C=C\C=C/C)(c1cc(-c2ccc(-c3cccc(C4CC\C=C/C=C\C=C(\c5ccccc5)N4)c3)cc2)ccc1C)c1ccccc1N=C/C=C\C=C/C. The van der Waals surface area contributed by atoms with E-state index in [1.165, 1.54) is 22.9 Å². The lowest BCUT2D eigenvalue weighted by atomic mass is 9.63. The summed E-state index contributed by atoms with van der Waals surface area (Å²) in [6.45, 7) is 15.6. The molecule has 3 heteroatoms. The van der Waals surface area contributed by atoms with Crippen LogP contribution in [-0.4, -0.2) is 12.4 Å². The number of para-hydroxylation sites is 1. The van der Waals surface area contributed by atoms with E-state index in [1.807, 2.05) is 86.9 Å². The van der Waals surface area contributed by atoms with E-state index in [9.17, 15) is 0 Å². The molecule has 5 aromatic rings. The van der Waals surface area contributed by atoms with Crippen molar-refractivity contribution in [2.24, 2.45) is 4.99 Å². The van der Waals surface area contributed by atoms with Crippen LogP contribution < -0.4 is 5.32 Å². The summed E-state index contributed by atoms with van der Waals surface area (Å²) >= 11 is 0. The molecule has 0 radical (unpaired) electrons. The highest BCUT2D eigenvalue weighted by molar-refractivity contribution is 5.80. The van der Waals surface area contributed by atoms with Crippen molar-refractivity contribution in [3.05, 3.63) is 265 Å². The molecule has 2 atom stereocenters. The molecule has 3 nitrogen and oxygen atoms in total. The lowest BCUT2D eigenvalue weighted by Crippen LogP contribution is -2.32. The Morgan fingerprint density at radius 3 is 2.05 bits per heavy atom. The Morgan fingerprint density at radius 2 is 1.31 bits per heavy atom. The molecule has 0 amide bonds. The second-order valence-electron chi connectivity index (χ2n) is 15.2. The third-order valence-corrected chi connectivity index (χ3v) is 11.1. The fraction of sp³-hybridized carbons (Fsp3) is 0.119. The molecule has 1 aliphatic rings. The Labute approximate surface area is 369 Å². The molecule has 0 saturated carbocycles. The van der Waals surface area contributed by atoms with Crippen molar-refractivity contribution in [3.8, 4) is 22.3 Å². The summed E-state index contributed by atoms with van der Waals surface area (Å²) in [5, 5.41) is 11.8. The largest absolute Gasteiger partial charge is 0.378 e. The van der Waals surface area contributed by atoms with Gasteiger partial charge < -0.3 is 10.7 Å². The third kappa shape index (κ3) is 10.7. The number of aryl methyl sites for hydroxylation is 1. The lowest BCUT2D eigenvalue weighted by molar-refractivity contribution is 0.587. The van der Waals surface area contributed by atoms with Gasteiger partial charge in [0.15, 0.2) is 0 Å². The quantitative estimate of drug-likeness (QED) is 0.0803. The van der Waals surface area contributed by atoms with Crippen LogP contribution in [0.25, 0.3) is 28.0 Å². The summed E-state index contributed by atoms with van der Waals surface area (Å²) < 4.78 is 0. The predicted molar refractivity (Wildman–Crippen MR) is 269 cm³/mol. The molecule has 1 aliphatic heterocycles. The summed E-state index contributed by atoms with van der Waals surface area (Å²) in [5.74, 6) is 0. The molecule has 308 valence electrons. The summed E-state index contributed by atoms with van der Waals surface area (Å²) in [7, 11) is 0. The Kier molecular flexibility index (Phi) is 15.9. The van der Waals surface area contributed by atoms with Crippen molar-refractivity contribution in [2.75, 3.05) is 0 Å². The van der Waals surface area contributed by atoms with E-state index < -0.39 is 5.41 Å². The molecular formula is C59H57N3. The Bertz CT molecular complexity index is 2620. The van der Waals surface area contributed by atoms with E-state index in [2.05, 4.69) is 152 Å². The van der Waals surface area contributed by atoms with Gasteiger partial charge in [0.2, 0.25) is 0 Å². The zero-order chi connectivity index (χ0) is 43.6. The van der Waals surface area contributed by atoms with Crippen molar-refractivity contribution < 1.29 is 0 Å². The molecule has 62 heavy (non-hydrogen) atoms. The second kappa shape index (κ2) is 22.3. The van der Waals surface area contributed by atoms with Crippen LogP contribution in [0, 0.1) is 12.3 Å². The van der Waals surface area contributed by atoms with E-state index in [1.54, 1.807) is 6.08 Å². The minimum absolute atomic E-state index is 0.139. The molecule has 0 bridgehead atoms. The molecule has 2 unspecified atom stereocenters. The number of benzene rings is 5. The van der Waals surface area contributed by atoms with Gasteiger partial charge in [-0.2, -0.15) is 0 Å². The maximum Gasteiger partial charge on any atom is 0.0713 e. The molecule has 2 N–H and O–H groups in total.